The molecule has 1 N–H and O–H groups in total. The Labute approximate surface area is 172 Å². The van der Waals surface area contributed by atoms with E-state index in [1.54, 1.807) is 24.9 Å². The molecule has 1 aliphatic heterocycles. The van der Waals surface area contributed by atoms with Crippen LogP contribution >= 0.6 is 11.3 Å². The molecule has 3 heterocycles. The number of hydrogen-bond donors (Lipinski definition) is 1. The van der Waals surface area contributed by atoms with Crippen LogP contribution in [0.1, 0.15) is 24.6 Å². The van der Waals surface area contributed by atoms with E-state index >= 15 is 0 Å². The van der Waals surface area contributed by atoms with E-state index in [1.165, 1.54) is 11.3 Å². The molecular formula is C20H21N5O3S. The molecule has 1 aromatic carbocycles. The summed E-state index contributed by atoms with van der Waals surface area (Å²) < 4.78 is 6.96. The molecule has 29 heavy (non-hydrogen) atoms. The first-order valence-electron chi connectivity index (χ1n) is 9.05. The molecule has 1 atom stereocenters. The maximum atomic E-state index is 12.9. The molecule has 0 saturated carbocycles. The van der Waals surface area contributed by atoms with E-state index in [1.807, 2.05) is 43.6 Å². The number of carbonyl (C=O) groups excluding carboxylic acids is 1. The Hall–Kier alpha value is -3.20. The van der Waals surface area contributed by atoms with E-state index in [0.717, 1.165) is 34.0 Å². The Kier molecular flexibility index (Phi) is 4.83. The number of amides is 1. The molecule has 0 saturated heterocycles. The summed E-state index contributed by atoms with van der Waals surface area (Å²) >= 11 is 1.36. The van der Waals surface area contributed by atoms with Crippen LogP contribution in [-0.4, -0.2) is 39.1 Å². The van der Waals surface area contributed by atoms with Crippen molar-refractivity contribution in [3.63, 3.8) is 0 Å². The lowest BCUT2D eigenvalue weighted by Crippen LogP contribution is -2.40. The molecule has 0 unspecified atom stereocenters. The zero-order valence-corrected chi connectivity index (χ0v) is 17.4. The summed E-state index contributed by atoms with van der Waals surface area (Å²) in [4.78, 5) is 22.9. The lowest BCUT2D eigenvalue weighted by molar-refractivity contribution is -0.135. The molecule has 3 aromatic rings. The number of methoxy groups -OCH3 is 1. The van der Waals surface area contributed by atoms with Crippen molar-refractivity contribution >= 4 is 28.1 Å². The number of anilines is 1. The molecular weight excluding hydrogens is 390 g/mol. The lowest BCUT2D eigenvalue weighted by atomic mass is 9.95. The van der Waals surface area contributed by atoms with Gasteiger partial charge in [0.1, 0.15) is 5.75 Å². The van der Waals surface area contributed by atoms with Crippen LogP contribution in [0.4, 0.5) is 5.13 Å². The first-order valence-corrected chi connectivity index (χ1v) is 9.93. The Balaban J connectivity index is 1.44. The van der Waals surface area contributed by atoms with Crippen LogP contribution in [0.5, 0.6) is 5.75 Å². The molecule has 0 bridgehead atoms. The van der Waals surface area contributed by atoms with Gasteiger partial charge in [0.2, 0.25) is 5.60 Å². The van der Waals surface area contributed by atoms with Crippen LogP contribution in [0.15, 0.2) is 41.0 Å². The van der Waals surface area contributed by atoms with Crippen LogP contribution in [0.25, 0.3) is 11.3 Å². The number of aromatic nitrogens is 3. The highest BCUT2D eigenvalue weighted by Gasteiger charge is 2.42. The fourth-order valence-electron chi connectivity index (χ4n) is 3.03. The number of rotatable bonds is 5. The zero-order valence-electron chi connectivity index (χ0n) is 16.6. The third-order valence-corrected chi connectivity index (χ3v) is 5.76. The van der Waals surface area contributed by atoms with Crippen LogP contribution in [0, 0.1) is 6.92 Å². The molecule has 0 spiro atoms. The van der Waals surface area contributed by atoms with Gasteiger partial charge in [-0.1, -0.05) is 5.16 Å². The minimum Gasteiger partial charge on any atom is -0.497 e. The minimum atomic E-state index is -1.09. The molecule has 8 nitrogen and oxygen atoms in total. The second kappa shape index (κ2) is 7.32. The molecule has 150 valence electrons. The number of benzene rings is 1. The van der Waals surface area contributed by atoms with Gasteiger partial charge in [-0.3, -0.25) is 14.8 Å². The third-order valence-electron chi connectivity index (χ3n) is 5.00. The van der Waals surface area contributed by atoms with Gasteiger partial charge in [0.25, 0.3) is 5.91 Å². The molecule has 0 fully saturated rings. The van der Waals surface area contributed by atoms with Crippen molar-refractivity contribution in [1.82, 2.24) is 14.8 Å². The lowest BCUT2D eigenvalue weighted by Gasteiger charge is -2.19. The fourth-order valence-corrected chi connectivity index (χ4v) is 3.74. The van der Waals surface area contributed by atoms with Crippen molar-refractivity contribution in [3.8, 4) is 17.0 Å². The molecule has 0 aliphatic carbocycles. The summed E-state index contributed by atoms with van der Waals surface area (Å²) in [5, 5.41) is 13.6. The van der Waals surface area contributed by atoms with Crippen molar-refractivity contribution in [2.24, 2.45) is 12.2 Å². The number of carbonyl (C=O) groups is 1. The molecule has 1 amide bonds. The van der Waals surface area contributed by atoms with E-state index in [0.29, 0.717) is 11.6 Å². The number of ether oxygens (including phenoxy) is 1. The van der Waals surface area contributed by atoms with Gasteiger partial charge in [0.05, 0.1) is 24.7 Å². The molecule has 0 radical (unpaired) electrons. The monoisotopic (exact) mass is 411 g/mol. The number of aryl methyl sites for hydroxylation is 1. The first kappa shape index (κ1) is 19.1. The van der Waals surface area contributed by atoms with E-state index in [4.69, 9.17) is 9.57 Å². The van der Waals surface area contributed by atoms with Gasteiger partial charge in [-0.25, -0.2) is 4.98 Å². The van der Waals surface area contributed by atoms with Gasteiger partial charge in [-0.05, 0) is 43.7 Å². The Morgan fingerprint density at radius 1 is 1.34 bits per heavy atom. The van der Waals surface area contributed by atoms with Gasteiger partial charge in [0, 0.05) is 30.1 Å². The Bertz CT molecular complexity index is 1090. The topological polar surface area (TPSA) is 90.6 Å². The van der Waals surface area contributed by atoms with Gasteiger partial charge >= 0.3 is 0 Å². The summed E-state index contributed by atoms with van der Waals surface area (Å²) in [6.45, 7) is 3.70. The number of nitrogens with one attached hydrogen (secondary N) is 1. The van der Waals surface area contributed by atoms with E-state index in [-0.39, 0.29) is 5.91 Å². The van der Waals surface area contributed by atoms with Crippen molar-refractivity contribution in [3.05, 3.63) is 47.1 Å². The summed E-state index contributed by atoms with van der Waals surface area (Å²) in [7, 11) is 3.50. The van der Waals surface area contributed by atoms with Crippen LogP contribution < -0.4 is 10.1 Å². The summed E-state index contributed by atoms with van der Waals surface area (Å²) in [6, 6.07) is 7.50. The Morgan fingerprint density at radius 2 is 2.10 bits per heavy atom. The second-order valence-corrected chi connectivity index (χ2v) is 7.88. The number of thiazole rings is 1. The summed E-state index contributed by atoms with van der Waals surface area (Å²) in [6.07, 6.45) is 2.14. The van der Waals surface area contributed by atoms with Gasteiger partial charge < -0.3 is 9.57 Å². The zero-order chi connectivity index (χ0) is 20.6. The minimum absolute atomic E-state index is 0.284. The first-order chi connectivity index (χ1) is 13.9. The van der Waals surface area contributed by atoms with Gasteiger partial charge in [-0.2, -0.15) is 5.10 Å². The van der Waals surface area contributed by atoms with Gasteiger partial charge in [-0.15, -0.1) is 11.3 Å². The van der Waals surface area contributed by atoms with Crippen LogP contribution in [0.3, 0.4) is 0 Å². The third kappa shape index (κ3) is 3.61. The normalized spacial score (nSPS) is 18.3. The summed E-state index contributed by atoms with van der Waals surface area (Å²) in [5.41, 5.74) is 3.26. The number of oxime groups is 1. The standard InChI is InChI=1S/C20H21N5O3S/c1-12-15(10-21-25(12)3)17-11-29-19(22-17)23-18(26)20(2)9-16(24-28-20)13-5-7-14(27-4)8-6-13/h5-8,10-11H,9H2,1-4H3,(H,22,23,26)/t20-/m0/s1. The van der Waals surface area contributed by atoms with Crippen LogP contribution in [-0.2, 0) is 16.7 Å². The average molecular weight is 411 g/mol. The Morgan fingerprint density at radius 3 is 2.76 bits per heavy atom. The number of hydrogen-bond acceptors (Lipinski definition) is 7. The highest BCUT2D eigenvalue weighted by atomic mass is 32.1. The molecule has 9 heteroatoms. The van der Waals surface area contributed by atoms with E-state index in [2.05, 4.69) is 20.6 Å². The SMILES string of the molecule is COc1ccc(C2=NO[C@](C)(C(=O)Nc3nc(-c4cnn(C)c4C)cs3)C2)cc1. The van der Waals surface area contributed by atoms with E-state index < -0.39 is 5.60 Å². The summed E-state index contributed by atoms with van der Waals surface area (Å²) in [5.74, 6) is 0.478. The number of nitrogens with zero attached hydrogens (tertiary/aromatic N) is 4. The van der Waals surface area contributed by atoms with Crippen LogP contribution in [0.2, 0.25) is 0 Å². The fraction of sp³-hybridized carbons (Fsp3) is 0.300. The highest BCUT2D eigenvalue weighted by molar-refractivity contribution is 7.14. The van der Waals surface area contributed by atoms with Crippen molar-refractivity contribution in [1.29, 1.82) is 0 Å². The molecule has 4 rings (SSSR count). The van der Waals surface area contributed by atoms with E-state index in [9.17, 15) is 4.79 Å². The van der Waals surface area contributed by atoms with Crippen molar-refractivity contribution in [2.45, 2.75) is 25.9 Å². The smallest absolute Gasteiger partial charge is 0.273 e. The predicted octanol–water partition coefficient (Wildman–Crippen LogP) is 3.38. The van der Waals surface area contributed by atoms with Gasteiger partial charge in [0.15, 0.2) is 5.13 Å². The quantitative estimate of drug-likeness (QED) is 0.695. The highest BCUT2D eigenvalue weighted by Crippen LogP contribution is 2.31. The molecule has 1 aliphatic rings. The van der Waals surface area contributed by atoms with Crippen molar-refractivity contribution in [2.75, 3.05) is 12.4 Å². The molecule has 2 aromatic heterocycles. The predicted molar refractivity (Wildman–Crippen MR) is 111 cm³/mol. The maximum Gasteiger partial charge on any atom is 0.273 e. The largest absolute Gasteiger partial charge is 0.497 e. The average Bonchev–Trinajstić information content (AvgIpc) is 3.43. The van der Waals surface area contributed by atoms with Crippen molar-refractivity contribution < 1.29 is 14.4 Å². The second-order valence-electron chi connectivity index (χ2n) is 7.02. The maximum absolute atomic E-state index is 12.9.